The summed E-state index contributed by atoms with van der Waals surface area (Å²) in [5, 5.41) is 8.03. The normalized spacial score (nSPS) is 21.6. The molecule has 3 N–H and O–H groups in total. The first kappa shape index (κ1) is 45.0. The van der Waals surface area contributed by atoms with Gasteiger partial charge in [-0.25, -0.2) is 9.37 Å². The number of hydrogen-bond donors (Lipinski definition) is 3. The average molecular weight is 927 g/mol. The van der Waals surface area contributed by atoms with Crippen molar-refractivity contribution in [1.82, 2.24) is 35.0 Å². The Labute approximate surface area is 384 Å². The number of ether oxygens (including phenoxy) is 2. The predicted octanol–water partition coefficient (Wildman–Crippen LogP) is 4.08. The number of benzene rings is 2. The van der Waals surface area contributed by atoms with Gasteiger partial charge in [0.2, 0.25) is 17.8 Å². The molecular formula is C46H52ClFN10O8. The number of carbonyl (C=O) groups excluding carboxylic acids is 5. The third-order valence-corrected chi connectivity index (χ3v) is 13.7. The summed E-state index contributed by atoms with van der Waals surface area (Å²) in [7, 11) is 1.45. The van der Waals surface area contributed by atoms with E-state index in [1.807, 2.05) is 13.0 Å². The number of fused-ring (bicyclic) bond motifs is 2. The number of carbonyl (C=O) groups is 5. The van der Waals surface area contributed by atoms with Crippen molar-refractivity contribution in [2.24, 2.45) is 0 Å². The molecule has 9 rings (SSSR count). The highest BCUT2D eigenvalue weighted by atomic mass is 35.5. The second-order valence-corrected chi connectivity index (χ2v) is 18.2. The zero-order valence-corrected chi connectivity index (χ0v) is 38.0. The summed E-state index contributed by atoms with van der Waals surface area (Å²) in [6.07, 6.45) is 5.42. The molecule has 0 bridgehead atoms. The number of likely N-dealkylation sites (N-methyl/N-ethyl adjacent to an activating group) is 1. The maximum absolute atomic E-state index is 16.2. The highest BCUT2D eigenvalue weighted by molar-refractivity contribution is 6.33. The Morgan fingerprint density at radius 1 is 0.955 bits per heavy atom. The van der Waals surface area contributed by atoms with Crippen LogP contribution in [-0.4, -0.2) is 131 Å². The molecule has 4 aromatic rings. The molecule has 4 aliphatic heterocycles. The number of nitrogens with zero attached hydrogens (tertiary/aromatic N) is 7. The Morgan fingerprint density at radius 3 is 2.39 bits per heavy atom. The highest BCUT2D eigenvalue weighted by Gasteiger charge is 2.46. The molecule has 3 saturated heterocycles. The number of amides is 5. The molecule has 4 fully saturated rings. The van der Waals surface area contributed by atoms with Crippen LogP contribution in [0, 0.1) is 12.7 Å². The van der Waals surface area contributed by atoms with Crippen LogP contribution in [0.3, 0.4) is 0 Å². The lowest BCUT2D eigenvalue weighted by Crippen LogP contribution is -2.56. The monoisotopic (exact) mass is 926 g/mol. The van der Waals surface area contributed by atoms with E-state index in [0.717, 1.165) is 68.0 Å². The summed E-state index contributed by atoms with van der Waals surface area (Å²) in [4.78, 5) is 93.2. The predicted molar refractivity (Wildman–Crippen MR) is 243 cm³/mol. The zero-order chi connectivity index (χ0) is 46.6. The first-order valence-corrected chi connectivity index (χ1v) is 22.8. The Kier molecular flexibility index (Phi) is 12.4. The molecule has 18 nitrogen and oxygen atoms in total. The van der Waals surface area contributed by atoms with Crippen LogP contribution in [0.1, 0.15) is 84.7 Å². The Hall–Kier alpha value is -6.18. The van der Waals surface area contributed by atoms with Crippen molar-refractivity contribution in [1.29, 1.82) is 0 Å². The standard InChI is InChI=1S/C46H52ClFN10O8/c1-24(2)57-34-8-6-32(40(48)30(34)21-36(44(57)63)65-23-38(60)49-4)51-41-31(47)22-50-46(53-41)56-13-11-27(12-14-56)66-28-19-26(20-28)54-15-17-55(18-16-54)33-7-5-29-39(25(33)3)45(64)58(43(29)62)35-9-10-37(59)52-42(35)61/h5-8,21-22,24,26-28,35H,9-20,23H2,1-4H3,(H,49,60)(H,50,51,53)(H,52,59,61)/t26-,28-,35?. The molecule has 5 amide bonds. The van der Waals surface area contributed by atoms with Gasteiger partial charge in [-0.15, -0.1) is 0 Å². The molecule has 6 heterocycles. The summed E-state index contributed by atoms with van der Waals surface area (Å²) in [6, 6.07) is 7.16. The Balaban J connectivity index is 0.762. The molecule has 5 aliphatic rings. The topological polar surface area (TPSA) is 201 Å². The first-order valence-electron chi connectivity index (χ1n) is 22.5. The number of rotatable bonds is 12. The lowest BCUT2D eigenvalue weighted by atomic mass is 9.87. The minimum absolute atomic E-state index is 0.0743. The van der Waals surface area contributed by atoms with Gasteiger partial charge in [-0.05, 0) is 88.8 Å². The van der Waals surface area contributed by atoms with Crippen molar-refractivity contribution in [2.75, 3.05) is 68.0 Å². The van der Waals surface area contributed by atoms with Crippen molar-refractivity contribution in [2.45, 2.75) is 89.6 Å². The van der Waals surface area contributed by atoms with Gasteiger partial charge in [0, 0.05) is 75.9 Å². The van der Waals surface area contributed by atoms with E-state index in [4.69, 9.17) is 21.1 Å². The number of aromatic nitrogens is 3. The quantitative estimate of drug-likeness (QED) is 0.172. The summed E-state index contributed by atoms with van der Waals surface area (Å²) < 4.78 is 29.7. The summed E-state index contributed by atoms with van der Waals surface area (Å²) >= 11 is 6.53. The molecule has 2 aromatic heterocycles. The molecular weight excluding hydrogens is 875 g/mol. The number of imide groups is 2. The lowest BCUT2D eigenvalue weighted by Gasteiger charge is -2.48. The summed E-state index contributed by atoms with van der Waals surface area (Å²) in [5.74, 6) is -2.57. The van der Waals surface area contributed by atoms with Gasteiger partial charge in [0.05, 0.1) is 40.7 Å². The first-order chi connectivity index (χ1) is 31.7. The van der Waals surface area contributed by atoms with E-state index < -0.39 is 53.6 Å². The fourth-order valence-electron chi connectivity index (χ4n) is 9.79. The maximum Gasteiger partial charge on any atom is 0.293 e. The van der Waals surface area contributed by atoms with Gasteiger partial charge in [0.15, 0.2) is 24.0 Å². The van der Waals surface area contributed by atoms with Crippen LogP contribution in [-0.2, 0) is 19.1 Å². The van der Waals surface area contributed by atoms with Crippen molar-refractivity contribution >= 4 is 75.2 Å². The third-order valence-electron chi connectivity index (χ3n) is 13.5. The molecule has 0 radical (unpaired) electrons. The fourth-order valence-corrected chi connectivity index (χ4v) is 9.93. The highest BCUT2D eigenvalue weighted by Crippen LogP contribution is 2.37. The van der Waals surface area contributed by atoms with E-state index in [1.54, 1.807) is 26.0 Å². The number of piperazine rings is 1. The minimum atomic E-state index is -0.999. The van der Waals surface area contributed by atoms with Gasteiger partial charge < -0.3 is 34.5 Å². The molecule has 1 unspecified atom stereocenters. The number of halogens is 2. The van der Waals surface area contributed by atoms with Crippen molar-refractivity contribution in [3.05, 3.63) is 74.4 Å². The number of piperidine rings is 2. The fraction of sp³-hybridized carbons (Fsp3) is 0.478. The van der Waals surface area contributed by atoms with Gasteiger partial charge in [-0.3, -0.25) is 43.9 Å². The van der Waals surface area contributed by atoms with Gasteiger partial charge in [-0.2, -0.15) is 4.98 Å². The number of hydrogen-bond acceptors (Lipinski definition) is 14. The van der Waals surface area contributed by atoms with Crippen LogP contribution in [0.4, 0.5) is 27.5 Å². The third kappa shape index (κ3) is 8.43. The maximum atomic E-state index is 16.2. The van der Waals surface area contributed by atoms with Gasteiger partial charge in [-0.1, -0.05) is 11.6 Å². The largest absolute Gasteiger partial charge is 0.478 e. The van der Waals surface area contributed by atoms with Gasteiger partial charge in [0.25, 0.3) is 23.3 Å². The minimum Gasteiger partial charge on any atom is -0.478 e. The van der Waals surface area contributed by atoms with Gasteiger partial charge in [0.1, 0.15) is 11.1 Å². The second kappa shape index (κ2) is 18.2. The van der Waals surface area contributed by atoms with Crippen LogP contribution in [0.15, 0.2) is 41.3 Å². The lowest BCUT2D eigenvalue weighted by molar-refractivity contribution is -0.136. The molecule has 0 spiro atoms. The molecule has 1 saturated carbocycles. The number of pyridine rings is 1. The number of nitrogens with one attached hydrogen (secondary N) is 3. The van der Waals surface area contributed by atoms with Crippen LogP contribution in [0.2, 0.25) is 5.02 Å². The van der Waals surface area contributed by atoms with Crippen LogP contribution >= 0.6 is 11.6 Å². The van der Waals surface area contributed by atoms with Crippen LogP contribution < -0.4 is 36.0 Å². The van der Waals surface area contributed by atoms with E-state index in [1.165, 1.54) is 29.9 Å². The summed E-state index contributed by atoms with van der Waals surface area (Å²) in [6.45, 7) is 9.62. The van der Waals surface area contributed by atoms with Crippen LogP contribution in [0.5, 0.6) is 5.75 Å². The summed E-state index contributed by atoms with van der Waals surface area (Å²) in [5.41, 5.74) is 2.22. The Morgan fingerprint density at radius 2 is 1.70 bits per heavy atom. The Bertz CT molecular complexity index is 2690. The van der Waals surface area contributed by atoms with Crippen molar-refractivity contribution in [3.8, 4) is 5.75 Å². The van der Waals surface area contributed by atoms with Crippen molar-refractivity contribution in [3.63, 3.8) is 0 Å². The van der Waals surface area contributed by atoms with E-state index in [9.17, 15) is 28.8 Å². The van der Waals surface area contributed by atoms with E-state index in [-0.39, 0.29) is 64.3 Å². The second-order valence-electron chi connectivity index (χ2n) is 17.8. The van der Waals surface area contributed by atoms with Crippen LogP contribution in [0.25, 0.3) is 10.9 Å². The molecule has 1 aliphatic carbocycles. The molecule has 66 heavy (non-hydrogen) atoms. The smallest absolute Gasteiger partial charge is 0.293 e. The molecule has 1 atom stereocenters. The van der Waals surface area contributed by atoms with Gasteiger partial charge >= 0.3 is 0 Å². The SMILES string of the molecule is CNC(=O)COc1cc2c(F)c(Nc3nc(N4CCC(O[C@H]5C[C@H](N6CCN(c7ccc8c(c7C)C(=O)N(C7CCC(=O)NC7=O)C8=O)CC6)C5)CC4)ncc3Cl)ccc2n(C(C)C)c1=O. The van der Waals surface area contributed by atoms with E-state index in [0.29, 0.717) is 36.2 Å². The van der Waals surface area contributed by atoms with Crippen molar-refractivity contribution < 1.29 is 37.8 Å². The van der Waals surface area contributed by atoms with E-state index >= 15 is 4.39 Å². The molecule has 20 heteroatoms. The molecule has 348 valence electrons. The van der Waals surface area contributed by atoms with E-state index in [2.05, 4.69) is 40.6 Å². The number of anilines is 4. The molecule has 2 aromatic carbocycles. The average Bonchev–Trinajstić information content (AvgIpc) is 3.54. The zero-order valence-electron chi connectivity index (χ0n) is 37.2.